The summed E-state index contributed by atoms with van der Waals surface area (Å²) in [6.07, 6.45) is 5.73. The molecule has 0 aliphatic heterocycles. The number of anilines is 2. The van der Waals surface area contributed by atoms with Crippen molar-refractivity contribution < 1.29 is 5.11 Å². The molecule has 4 heteroatoms. The van der Waals surface area contributed by atoms with Crippen molar-refractivity contribution in [3.05, 3.63) is 30.1 Å². The first kappa shape index (κ1) is 13.2. The maximum absolute atomic E-state index is 10.1. The maximum atomic E-state index is 10.1. The minimum absolute atomic E-state index is 0.129. The van der Waals surface area contributed by atoms with Crippen molar-refractivity contribution >= 4 is 22.1 Å². The highest BCUT2D eigenvalue weighted by Gasteiger charge is 2.23. The van der Waals surface area contributed by atoms with Crippen molar-refractivity contribution in [3.63, 3.8) is 0 Å². The number of pyridine rings is 1. The molecular weight excluding hydrogens is 250 g/mol. The Morgan fingerprint density at radius 2 is 2.05 bits per heavy atom. The third-order valence-electron chi connectivity index (χ3n) is 4.14. The number of aryl methyl sites for hydroxylation is 1. The Balaban J connectivity index is 1.98. The van der Waals surface area contributed by atoms with Crippen LogP contribution in [0.2, 0.25) is 0 Å². The van der Waals surface area contributed by atoms with Gasteiger partial charge in [0.2, 0.25) is 0 Å². The number of aliphatic hydroxyl groups excluding tert-OH is 1. The van der Waals surface area contributed by atoms with Crippen LogP contribution in [0.3, 0.4) is 0 Å². The van der Waals surface area contributed by atoms with E-state index in [1.54, 1.807) is 0 Å². The van der Waals surface area contributed by atoms with E-state index in [2.05, 4.69) is 10.3 Å². The highest BCUT2D eigenvalue weighted by atomic mass is 16.3. The number of nitrogens with two attached hydrogens (primary N) is 1. The third kappa shape index (κ3) is 2.43. The van der Waals surface area contributed by atoms with Crippen LogP contribution >= 0.6 is 0 Å². The minimum atomic E-state index is -0.265. The molecule has 1 aromatic heterocycles. The number of nitrogen functional groups attached to an aromatic ring is 1. The SMILES string of the molecule is Cc1cc2c(NC3CCCCC3O)ccc(N)c2cn1. The van der Waals surface area contributed by atoms with Gasteiger partial charge in [-0.05, 0) is 38.0 Å². The van der Waals surface area contributed by atoms with Crippen LogP contribution in [-0.2, 0) is 0 Å². The fraction of sp³-hybridized carbons (Fsp3) is 0.438. The summed E-state index contributed by atoms with van der Waals surface area (Å²) in [6.45, 7) is 1.97. The standard InChI is InChI=1S/C16H21N3O/c1-10-8-11-12(9-18-10)13(17)6-7-14(11)19-15-4-2-3-5-16(15)20/h6-9,15-16,19-20H,2-5,17H2,1H3. The van der Waals surface area contributed by atoms with Gasteiger partial charge in [-0.3, -0.25) is 4.98 Å². The van der Waals surface area contributed by atoms with E-state index in [1.165, 1.54) is 6.42 Å². The van der Waals surface area contributed by atoms with Gasteiger partial charge in [-0.2, -0.15) is 0 Å². The lowest BCUT2D eigenvalue weighted by molar-refractivity contribution is 0.116. The molecule has 0 saturated heterocycles. The normalized spacial score (nSPS) is 22.9. The monoisotopic (exact) mass is 271 g/mol. The number of nitrogens with zero attached hydrogens (tertiary/aromatic N) is 1. The van der Waals surface area contributed by atoms with E-state index >= 15 is 0 Å². The summed E-state index contributed by atoms with van der Waals surface area (Å²) in [7, 11) is 0. The van der Waals surface area contributed by atoms with Crippen molar-refractivity contribution in [2.45, 2.75) is 44.8 Å². The zero-order valence-corrected chi connectivity index (χ0v) is 11.8. The van der Waals surface area contributed by atoms with Gasteiger partial charge in [-0.15, -0.1) is 0 Å². The summed E-state index contributed by atoms with van der Waals surface area (Å²) >= 11 is 0. The molecule has 106 valence electrons. The van der Waals surface area contributed by atoms with Crippen molar-refractivity contribution in [3.8, 4) is 0 Å². The fourth-order valence-corrected chi connectivity index (χ4v) is 2.97. The van der Waals surface area contributed by atoms with E-state index < -0.39 is 0 Å². The number of benzene rings is 1. The number of hydrogen-bond acceptors (Lipinski definition) is 4. The van der Waals surface area contributed by atoms with E-state index in [9.17, 15) is 5.11 Å². The first-order chi connectivity index (χ1) is 9.65. The predicted octanol–water partition coefficient (Wildman–Crippen LogP) is 2.84. The summed E-state index contributed by atoms with van der Waals surface area (Å²) < 4.78 is 0. The second kappa shape index (κ2) is 5.29. The molecule has 0 bridgehead atoms. The molecule has 1 aromatic carbocycles. The molecule has 0 spiro atoms. The molecule has 20 heavy (non-hydrogen) atoms. The number of aliphatic hydroxyl groups is 1. The molecular formula is C16H21N3O. The fourth-order valence-electron chi connectivity index (χ4n) is 2.97. The van der Waals surface area contributed by atoms with E-state index in [1.807, 2.05) is 31.3 Å². The Bertz CT molecular complexity index is 626. The lowest BCUT2D eigenvalue weighted by Crippen LogP contribution is -2.36. The summed E-state index contributed by atoms with van der Waals surface area (Å²) in [5.74, 6) is 0. The predicted molar refractivity (Wildman–Crippen MR) is 82.8 cm³/mol. The Morgan fingerprint density at radius 1 is 1.25 bits per heavy atom. The van der Waals surface area contributed by atoms with Crippen LogP contribution in [0.25, 0.3) is 10.8 Å². The molecule has 1 heterocycles. The van der Waals surface area contributed by atoms with E-state index in [0.717, 1.165) is 47.1 Å². The van der Waals surface area contributed by atoms with Crippen LogP contribution < -0.4 is 11.1 Å². The number of nitrogens with one attached hydrogen (secondary N) is 1. The van der Waals surface area contributed by atoms with E-state index in [0.29, 0.717) is 0 Å². The average Bonchev–Trinajstić information content (AvgIpc) is 2.44. The van der Waals surface area contributed by atoms with Gasteiger partial charge in [0.05, 0.1) is 12.1 Å². The second-order valence-corrected chi connectivity index (χ2v) is 5.68. The summed E-state index contributed by atoms with van der Waals surface area (Å²) in [5, 5.41) is 15.6. The van der Waals surface area contributed by atoms with Crippen molar-refractivity contribution in [2.75, 3.05) is 11.1 Å². The Hall–Kier alpha value is -1.81. The molecule has 2 unspecified atom stereocenters. The van der Waals surface area contributed by atoms with Crippen LogP contribution in [0.4, 0.5) is 11.4 Å². The Kier molecular flexibility index (Phi) is 3.49. The quantitative estimate of drug-likeness (QED) is 0.734. The average molecular weight is 271 g/mol. The number of aromatic nitrogens is 1. The van der Waals surface area contributed by atoms with Gasteiger partial charge in [0.15, 0.2) is 0 Å². The zero-order valence-electron chi connectivity index (χ0n) is 11.8. The first-order valence-electron chi connectivity index (χ1n) is 7.24. The lowest BCUT2D eigenvalue weighted by Gasteiger charge is -2.29. The van der Waals surface area contributed by atoms with Crippen molar-refractivity contribution in [1.29, 1.82) is 0 Å². The van der Waals surface area contributed by atoms with Gasteiger partial charge >= 0.3 is 0 Å². The Labute approximate surface area is 119 Å². The maximum Gasteiger partial charge on any atom is 0.0741 e. The van der Waals surface area contributed by atoms with Gasteiger partial charge in [-0.25, -0.2) is 0 Å². The summed E-state index contributed by atoms with van der Waals surface area (Å²) in [5.41, 5.74) is 8.76. The van der Waals surface area contributed by atoms with Gasteiger partial charge in [0, 0.05) is 34.0 Å². The molecule has 3 rings (SSSR count). The number of fused-ring (bicyclic) bond motifs is 1. The van der Waals surface area contributed by atoms with E-state index in [4.69, 9.17) is 5.73 Å². The molecule has 4 N–H and O–H groups in total. The number of hydrogen-bond donors (Lipinski definition) is 3. The Morgan fingerprint density at radius 3 is 2.85 bits per heavy atom. The van der Waals surface area contributed by atoms with Crippen LogP contribution in [-0.4, -0.2) is 22.2 Å². The van der Waals surface area contributed by atoms with Crippen LogP contribution in [0.5, 0.6) is 0 Å². The van der Waals surface area contributed by atoms with Gasteiger partial charge in [0.25, 0.3) is 0 Å². The number of rotatable bonds is 2. The highest BCUT2D eigenvalue weighted by Crippen LogP contribution is 2.31. The smallest absolute Gasteiger partial charge is 0.0741 e. The molecule has 1 aliphatic carbocycles. The first-order valence-corrected chi connectivity index (χ1v) is 7.24. The van der Waals surface area contributed by atoms with Gasteiger partial charge < -0.3 is 16.2 Å². The molecule has 2 atom stereocenters. The summed E-state index contributed by atoms with van der Waals surface area (Å²) in [4.78, 5) is 4.31. The lowest BCUT2D eigenvalue weighted by atomic mass is 9.92. The molecule has 1 saturated carbocycles. The van der Waals surface area contributed by atoms with Crippen molar-refractivity contribution in [1.82, 2.24) is 4.98 Å². The van der Waals surface area contributed by atoms with Gasteiger partial charge in [0.1, 0.15) is 0 Å². The molecule has 4 nitrogen and oxygen atoms in total. The molecule has 1 fully saturated rings. The van der Waals surface area contributed by atoms with Crippen LogP contribution in [0, 0.1) is 6.92 Å². The topological polar surface area (TPSA) is 71.2 Å². The van der Waals surface area contributed by atoms with E-state index in [-0.39, 0.29) is 12.1 Å². The summed E-state index contributed by atoms with van der Waals surface area (Å²) in [6, 6.07) is 6.07. The largest absolute Gasteiger partial charge is 0.398 e. The molecule has 1 aliphatic rings. The third-order valence-corrected chi connectivity index (χ3v) is 4.14. The van der Waals surface area contributed by atoms with Crippen molar-refractivity contribution in [2.24, 2.45) is 0 Å². The molecule has 0 radical (unpaired) electrons. The highest BCUT2D eigenvalue weighted by molar-refractivity contribution is 6.00. The second-order valence-electron chi connectivity index (χ2n) is 5.68. The van der Waals surface area contributed by atoms with Crippen LogP contribution in [0.15, 0.2) is 24.4 Å². The molecule has 2 aromatic rings. The van der Waals surface area contributed by atoms with Crippen LogP contribution in [0.1, 0.15) is 31.4 Å². The minimum Gasteiger partial charge on any atom is -0.398 e. The molecule has 0 amide bonds. The zero-order chi connectivity index (χ0) is 14.1. The van der Waals surface area contributed by atoms with Gasteiger partial charge in [-0.1, -0.05) is 12.8 Å².